The molecule has 0 amide bonds. The molecule has 0 radical (unpaired) electrons. The molecule has 0 aliphatic heterocycles. The average molecular weight is 975 g/mol. The lowest BCUT2D eigenvalue weighted by atomic mass is 10.1. The molecule has 3 N–H and O–H groups in total. The van der Waals surface area contributed by atoms with Crippen LogP contribution in [0.3, 0.4) is 0 Å². The van der Waals surface area contributed by atoms with Crippen LogP contribution in [0.2, 0.25) is 0 Å². The van der Waals surface area contributed by atoms with Crippen molar-refractivity contribution < 1.29 is 80.2 Å². The van der Waals surface area contributed by atoms with Gasteiger partial charge in [-0.2, -0.15) is 0 Å². The first-order valence-corrected chi connectivity index (χ1v) is 27.8. The number of rotatable bonds is 47. The highest BCUT2D eigenvalue weighted by Gasteiger charge is 2.30. The fourth-order valence-corrected chi connectivity index (χ4v) is 8.01. The molecule has 5 atom stereocenters. The number of esters is 4. The molecule has 384 valence electrons. The number of phosphoric ester groups is 2. The van der Waals surface area contributed by atoms with Crippen LogP contribution in [0.4, 0.5) is 0 Å². The molecule has 0 aromatic carbocycles. The number of ether oxygens (including phenoxy) is 4. The summed E-state index contributed by atoms with van der Waals surface area (Å²) in [6.07, 6.45) is 21.5. The van der Waals surface area contributed by atoms with Crippen LogP contribution in [-0.2, 0) is 65.4 Å². The van der Waals surface area contributed by atoms with Crippen LogP contribution in [0.5, 0.6) is 0 Å². The number of phosphoric acid groups is 2. The van der Waals surface area contributed by atoms with Crippen LogP contribution >= 0.6 is 15.6 Å². The van der Waals surface area contributed by atoms with Crippen LogP contribution in [0.15, 0.2) is 0 Å². The highest BCUT2D eigenvalue weighted by Crippen LogP contribution is 2.45. The average Bonchev–Trinajstić information content (AvgIpc) is 3.27. The van der Waals surface area contributed by atoms with Crippen LogP contribution < -0.4 is 0 Å². The lowest BCUT2D eigenvalue weighted by Crippen LogP contribution is -2.30. The molecule has 0 aromatic heterocycles. The summed E-state index contributed by atoms with van der Waals surface area (Å²) in [6.45, 7) is 4.34. The first-order valence-electron chi connectivity index (χ1n) is 24.8. The van der Waals surface area contributed by atoms with E-state index in [0.29, 0.717) is 25.7 Å². The molecule has 0 bridgehead atoms. The van der Waals surface area contributed by atoms with Gasteiger partial charge in [0.15, 0.2) is 12.2 Å². The summed E-state index contributed by atoms with van der Waals surface area (Å²) in [5, 5.41) is 10.3. The Bertz CT molecular complexity index is 1300. The third-order valence-corrected chi connectivity index (χ3v) is 12.3. The monoisotopic (exact) mass is 975 g/mol. The van der Waals surface area contributed by atoms with Crippen molar-refractivity contribution in [1.29, 1.82) is 0 Å². The second kappa shape index (κ2) is 42.2. The number of carbonyl (C=O) groups excluding carboxylic acids is 4. The Labute approximate surface area is 390 Å². The summed E-state index contributed by atoms with van der Waals surface area (Å²) in [6, 6.07) is 0. The standard InChI is InChI=1S/C46H88O17P2/c1-5-9-13-16-18-19-20-21-23-25-28-32-44(49)57-37-42(63-46(51)33-29-26-22-17-14-10-6-2)39-61-65(54,55)59-35-40(47)34-58-64(52,53)60-38-41(62-45(50)30-12-8-4)36-56-43(48)31-27-24-15-11-7-3/h40-42,47H,5-39H2,1-4H3,(H,52,53)(H,54,55)/t40-,41+,42+/m0/s1. The zero-order valence-corrected chi connectivity index (χ0v) is 42.2. The summed E-state index contributed by atoms with van der Waals surface area (Å²) in [7, 11) is -9.81. The van der Waals surface area contributed by atoms with E-state index in [1.807, 2.05) is 6.92 Å². The van der Waals surface area contributed by atoms with E-state index in [0.717, 1.165) is 89.9 Å². The van der Waals surface area contributed by atoms with Gasteiger partial charge in [-0.05, 0) is 25.7 Å². The summed E-state index contributed by atoms with van der Waals surface area (Å²) in [5.74, 6) is -2.21. The molecule has 0 spiro atoms. The molecule has 0 saturated heterocycles. The fourth-order valence-electron chi connectivity index (χ4n) is 6.43. The van der Waals surface area contributed by atoms with Crippen molar-refractivity contribution in [2.45, 2.75) is 232 Å². The Hall–Kier alpha value is -1.94. The van der Waals surface area contributed by atoms with Crippen molar-refractivity contribution in [3.8, 4) is 0 Å². The topological polar surface area (TPSA) is 237 Å². The Morgan fingerprint density at radius 2 is 0.631 bits per heavy atom. The summed E-state index contributed by atoms with van der Waals surface area (Å²) in [4.78, 5) is 70.3. The first-order chi connectivity index (χ1) is 31.2. The van der Waals surface area contributed by atoms with E-state index >= 15 is 0 Å². The van der Waals surface area contributed by atoms with Gasteiger partial charge >= 0.3 is 39.5 Å². The minimum atomic E-state index is -4.91. The number of hydrogen-bond donors (Lipinski definition) is 3. The zero-order valence-electron chi connectivity index (χ0n) is 40.4. The van der Waals surface area contributed by atoms with E-state index in [1.165, 1.54) is 44.9 Å². The molecule has 0 aliphatic rings. The molecule has 0 fully saturated rings. The van der Waals surface area contributed by atoms with Gasteiger partial charge in [-0.25, -0.2) is 9.13 Å². The number of aliphatic hydroxyl groups excluding tert-OH is 1. The van der Waals surface area contributed by atoms with Crippen LogP contribution in [0.25, 0.3) is 0 Å². The van der Waals surface area contributed by atoms with Gasteiger partial charge in [0.2, 0.25) is 0 Å². The van der Waals surface area contributed by atoms with E-state index in [9.17, 15) is 43.2 Å². The maximum atomic E-state index is 12.7. The maximum absolute atomic E-state index is 12.7. The van der Waals surface area contributed by atoms with Crippen molar-refractivity contribution >= 4 is 39.5 Å². The van der Waals surface area contributed by atoms with Crippen LogP contribution in [-0.4, -0.2) is 96.7 Å². The number of aliphatic hydroxyl groups is 1. The zero-order chi connectivity index (χ0) is 48.4. The lowest BCUT2D eigenvalue weighted by molar-refractivity contribution is -0.161. The van der Waals surface area contributed by atoms with Gasteiger partial charge in [0.25, 0.3) is 0 Å². The number of unbranched alkanes of at least 4 members (excludes halogenated alkanes) is 21. The predicted molar refractivity (Wildman–Crippen MR) is 248 cm³/mol. The quantitative estimate of drug-likeness (QED) is 0.0222. The highest BCUT2D eigenvalue weighted by atomic mass is 31.2. The second-order valence-electron chi connectivity index (χ2n) is 16.8. The van der Waals surface area contributed by atoms with Gasteiger partial charge in [0.1, 0.15) is 19.3 Å². The molecular formula is C46H88O17P2. The van der Waals surface area contributed by atoms with Gasteiger partial charge in [0, 0.05) is 25.7 Å². The van der Waals surface area contributed by atoms with Crippen molar-refractivity contribution in [1.82, 2.24) is 0 Å². The molecule has 2 unspecified atom stereocenters. The highest BCUT2D eigenvalue weighted by molar-refractivity contribution is 7.47. The Morgan fingerprint density at radius 1 is 0.369 bits per heavy atom. The molecule has 0 heterocycles. The van der Waals surface area contributed by atoms with E-state index in [2.05, 4.69) is 20.8 Å². The fraction of sp³-hybridized carbons (Fsp3) is 0.913. The molecule has 19 heteroatoms. The molecule has 17 nitrogen and oxygen atoms in total. The van der Waals surface area contributed by atoms with E-state index in [-0.39, 0.29) is 25.7 Å². The van der Waals surface area contributed by atoms with Gasteiger partial charge < -0.3 is 33.8 Å². The number of hydrogen-bond acceptors (Lipinski definition) is 15. The molecule has 0 aromatic rings. The molecule has 0 aliphatic carbocycles. The maximum Gasteiger partial charge on any atom is 0.472 e. The predicted octanol–water partition coefficient (Wildman–Crippen LogP) is 10.9. The second-order valence-corrected chi connectivity index (χ2v) is 19.7. The minimum Gasteiger partial charge on any atom is -0.462 e. The minimum absolute atomic E-state index is 0.0777. The third kappa shape index (κ3) is 41.9. The first kappa shape index (κ1) is 63.1. The number of carbonyl (C=O) groups is 4. The van der Waals surface area contributed by atoms with E-state index in [4.69, 9.17) is 37.0 Å². The normalized spacial score (nSPS) is 14.8. The summed E-state index contributed by atoms with van der Waals surface area (Å²) in [5.41, 5.74) is 0. The SMILES string of the molecule is CCCCCCCCCCCCCC(=O)OC[C@H](COP(=O)(O)OC[C@@H](O)COP(=O)(O)OC[C@@H](COC(=O)CCCCCCC)OC(=O)CCCC)OC(=O)CCCCCCCCC. The lowest BCUT2D eigenvalue weighted by Gasteiger charge is -2.21. The van der Waals surface area contributed by atoms with Gasteiger partial charge in [-0.15, -0.1) is 0 Å². The van der Waals surface area contributed by atoms with E-state index < -0.39 is 97.5 Å². The Kier molecular flexibility index (Phi) is 40.9. The van der Waals surface area contributed by atoms with E-state index in [1.54, 1.807) is 0 Å². The van der Waals surface area contributed by atoms with Gasteiger partial charge in [-0.1, -0.05) is 163 Å². The Morgan fingerprint density at radius 3 is 0.954 bits per heavy atom. The van der Waals surface area contributed by atoms with Crippen molar-refractivity contribution in [3.05, 3.63) is 0 Å². The van der Waals surface area contributed by atoms with Crippen molar-refractivity contribution in [3.63, 3.8) is 0 Å². The van der Waals surface area contributed by atoms with Crippen molar-refractivity contribution in [2.24, 2.45) is 0 Å². The van der Waals surface area contributed by atoms with Crippen LogP contribution in [0, 0.1) is 0 Å². The third-order valence-electron chi connectivity index (χ3n) is 10.4. The molecule has 65 heavy (non-hydrogen) atoms. The van der Waals surface area contributed by atoms with Gasteiger partial charge in [0.05, 0.1) is 26.4 Å². The van der Waals surface area contributed by atoms with Gasteiger partial charge in [-0.3, -0.25) is 37.3 Å². The largest absolute Gasteiger partial charge is 0.472 e. The molecule has 0 saturated carbocycles. The molecule has 0 rings (SSSR count). The van der Waals surface area contributed by atoms with Crippen molar-refractivity contribution in [2.75, 3.05) is 39.6 Å². The molecular weight excluding hydrogens is 886 g/mol. The summed E-state index contributed by atoms with van der Waals surface area (Å²) >= 11 is 0. The smallest absolute Gasteiger partial charge is 0.462 e. The summed E-state index contributed by atoms with van der Waals surface area (Å²) < 4.78 is 66.3. The Balaban J connectivity index is 5.03. The van der Waals surface area contributed by atoms with Crippen LogP contribution in [0.1, 0.15) is 214 Å².